The number of benzene rings is 3. The summed E-state index contributed by atoms with van der Waals surface area (Å²) in [5, 5.41) is 5.20. The average molecular weight is 471 g/mol. The van der Waals surface area contributed by atoms with E-state index in [2.05, 4.69) is 10.2 Å². The standard InChI is InChI=1S/C28H30N4O3/c33-26-19-24(20-32(26)25-8-2-1-3-9-25)27(34)29-12-13-30-14-16-31(17-15-30)28(35)23-11-10-21-6-4-5-7-22(21)18-23/h1-11,18,24H,12-17,19-20H2,(H,29,34). The van der Waals surface area contributed by atoms with Gasteiger partial charge in [-0.25, -0.2) is 0 Å². The summed E-state index contributed by atoms with van der Waals surface area (Å²) in [6.07, 6.45) is 0.246. The number of hydrogen-bond acceptors (Lipinski definition) is 4. The Morgan fingerprint density at radius 1 is 0.857 bits per heavy atom. The fourth-order valence-electron chi connectivity index (χ4n) is 4.90. The monoisotopic (exact) mass is 470 g/mol. The SMILES string of the molecule is O=C(NCCN1CCN(C(=O)c2ccc3ccccc3c2)CC1)C1CC(=O)N(c2ccccc2)C1. The molecular weight excluding hydrogens is 440 g/mol. The van der Waals surface area contributed by atoms with E-state index in [0.29, 0.717) is 26.2 Å². The molecule has 0 bridgehead atoms. The van der Waals surface area contributed by atoms with Gasteiger partial charge in [0.1, 0.15) is 0 Å². The van der Waals surface area contributed by atoms with Crippen LogP contribution >= 0.6 is 0 Å². The predicted octanol–water partition coefficient (Wildman–Crippen LogP) is 2.77. The third-order valence-corrected chi connectivity index (χ3v) is 6.95. The van der Waals surface area contributed by atoms with E-state index in [1.807, 2.05) is 77.7 Å². The number of fused-ring (bicyclic) bond motifs is 1. The number of piperazine rings is 1. The molecule has 2 aliphatic rings. The van der Waals surface area contributed by atoms with Crippen LogP contribution in [0.3, 0.4) is 0 Å². The number of amides is 3. The minimum atomic E-state index is -0.320. The van der Waals surface area contributed by atoms with Gasteiger partial charge in [-0.05, 0) is 35.0 Å². The number of nitrogens with one attached hydrogen (secondary N) is 1. The zero-order chi connectivity index (χ0) is 24.2. The lowest BCUT2D eigenvalue weighted by atomic mass is 10.1. The number of para-hydroxylation sites is 1. The molecule has 2 aliphatic heterocycles. The van der Waals surface area contributed by atoms with E-state index in [0.717, 1.165) is 41.7 Å². The van der Waals surface area contributed by atoms with Crippen molar-refractivity contribution in [1.82, 2.24) is 15.1 Å². The maximum Gasteiger partial charge on any atom is 0.253 e. The molecule has 7 nitrogen and oxygen atoms in total. The molecule has 2 fully saturated rings. The Balaban J connectivity index is 1.06. The zero-order valence-corrected chi connectivity index (χ0v) is 19.7. The molecule has 0 radical (unpaired) electrons. The van der Waals surface area contributed by atoms with Crippen LogP contribution in [0, 0.1) is 5.92 Å². The molecule has 0 saturated carbocycles. The molecule has 3 aromatic carbocycles. The van der Waals surface area contributed by atoms with Crippen LogP contribution in [0.25, 0.3) is 10.8 Å². The van der Waals surface area contributed by atoms with Gasteiger partial charge in [-0.1, -0.05) is 48.5 Å². The Morgan fingerprint density at radius 2 is 1.57 bits per heavy atom. The van der Waals surface area contributed by atoms with Gasteiger partial charge < -0.3 is 15.1 Å². The Bertz CT molecular complexity index is 1220. The van der Waals surface area contributed by atoms with E-state index in [-0.39, 0.29) is 30.1 Å². The average Bonchev–Trinajstić information content (AvgIpc) is 3.30. The Kier molecular flexibility index (Phi) is 6.77. The lowest BCUT2D eigenvalue weighted by molar-refractivity contribution is -0.126. The molecule has 0 aromatic heterocycles. The minimum absolute atomic E-state index is 0.0106. The van der Waals surface area contributed by atoms with Crippen LogP contribution in [0.2, 0.25) is 0 Å². The first-order chi connectivity index (χ1) is 17.1. The molecule has 1 atom stereocenters. The molecular formula is C28H30N4O3. The minimum Gasteiger partial charge on any atom is -0.355 e. The van der Waals surface area contributed by atoms with Gasteiger partial charge in [-0.2, -0.15) is 0 Å². The Hall–Kier alpha value is -3.71. The number of hydrogen-bond donors (Lipinski definition) is 1. The summed E-state index contributed by atoms with van der Waals surface area (Å²) in [6.45, 7) is 4.58. The maximum atomic E-state index is 13.0. The highest BCUT2D eigenvalue weighted by Gasteiger charge is 2.35. The Labute approximate surface area is 205 Å². The number of nitrogens with zero attached hydrogens (tertiary/aromatic N) is 3. The summed E-state index contributed by atoms with van der Waals surface area (Å²) in [5.41, 5.74) is 1.56. The maximum absolute atomic E-state index is 13.0. The van der Waals surface area contributed by atoms with Crippen LogP contribution in [-0.4, -0.2) is 73.3 Å². The molecule has 3 amide bonds. The topological polar surface area (TPSA) is 73.0 Å². The smallest absolute Gasteiger partial charge is 0.253 e. The molecule has 180 valence electrons. The van der Waals surface area contributed by atoms with E-state index < -0.39 is 0 Å². The van der Waals surface area contributed by atoms with Crippen molar-refractivity contribution in [3.8, 4) is 0 Å². The highest BCUT2D eigenvalue weighted by molar-refractivity contribution is 6.00. The van der Waals surface area contributed by atoms with Crippen LogP contribution in [0.1, 0.15) is 16.8 Å². The highest BCUT2D eigenvalue weighted by Crippen LogP contribution is 2.25. The van der Waals surface area contributed by atoms with Gasteiger partial charge in [-0.3, -0.25) is 19.3 Å². The van der Waals surface area contributed by atoms with Gasteiger partial charge in [-0.15, -0.1) is 0 Å². The van der Waals surface area contributed by atoms with Crippen molar-refractivity contribution in [2.24, 2.45) is 5.92 Å². The first-order valence-electron chi connectivity index (χ1n) is 12.2. The van der Waals surface area contributed by atoms with Crippen LogP contribution in [0.15, 0.2) is 72.8 Å². The van der Waals surface area contributed by atoms with Crippen LogP contribution in [-0.2, 0) is 9.59 Å². The molecule has 1 N–H and O–H groups in total. The summed E-state index contributed by atoms with van der Waals surface area (Å²) in [5.74, 6) is -0.331. The van der Waals surface area contributed by atoms with Gasteiger partial charge in [0, 0.05) is 63.5 Å². The molecule has 7 heteroatoms. The summed E-state index contributed by atoms with van der Waals surface area (Å²) >= 11 is 0. The normalized spacial score (nSPS) is 18.7. The molecule has 5 rings (SSSR count). The molecule has 2 heterocycles. The quantitative estimate of drug-likeness (QED) is 0.601. The second-order valence-corrected chi connectivity index (χ2v) is 9.23. The molecule has 3 aromatic rings. The van der Waals surface area contributed by atoms with Crippen LogP contribution in [0.4, 0.5) is 5.69 Å². The molecule has 0 spiro atoms. The van der Waals surface area contributed by atoms with E-state index in [1.54, 1.807) is 4.90 Å². The molecule has 35 heavy (non-hydrogen) atoms. The molecule has 1 unspecified atom stereocenters. The van der Waals surface area contributed by atoms with Gasteiger partial charge in [0.2, 0.25) is 11.8 Å². The van der Waals surface area contributed by atoms with Crippen molar-refractivity contribution >= 4 is 34.2 Å². The van der Waals surface area contributed by atoms with Gasteiger partial charge in [0.15, 0.2) is 0 Å². The fraction of sp³-hybridized carbons (Fsp3) is 0.321. The van der Waals surface area contributed by atoms with E-state index >= 15 is 0 Å². The van der Waals surface area contributed by atoms with Crippen molar-refractivity contribution in [3.05, 3.63) is 78.4 Å². The number of anilines is 1. The summed E-state index contributed by atoms with van der Waals surface area (Å²) in [6, 6.07) is 23.4. The summed E-state index contributed by atoms with van der Waals surface area (Å²) in [7, 11) is 0. The molecule has 0 aliphatic carbocycles. The lowest BCUT2D eigenvalue weighted by Crippen LogP contribution is -2.50. The van der Waals surface area contributed by atoms with E-state index in [1.165, 1.54) is 0 Å². The van der Waals surface area contributed by atoms with Crippen molar-refractivity contribution in [3.63, 3.8) is 0 Å². The Morgan fingerprint density at radius 3 is 2.34 bits per heavy atom. The van der Waals surface area contributed by atoms with Crippen LogP contribution < -0.4 is 10.2 Å². The third kappa shape index (κ3) is 5.20. The number of carbonyl (C=O) groups is 3. The fourth-order valence-corrected chi connectivity index (χ4v) is 4.90. The van der Waals surface area contributed by atoms with Gasteiger partial charge >= 0.3 is 0 Å². The van der Waals surface area contributed by atoms with Gasteiger partial charge in [0.25, 0.3) is 5.91 Å². The number of rotatable bonds is 6. The first kappa shape index (κ1) is 23.1. The van der Waals surface area contributed by atoms with E-state index in [9.17, 15) is 14.4 Å². The second kappa shape index (κ2) is 10.3. The first-order valence-corrected chi connectivity index (χ1v) is 12.2. The van der Waals surface area contributed by atoms with Crippen LogP contribution in [0.5, 0.6) is 0 Å². The zero-order valence-electron chi connectivity index (χ0n) is 19.7. The summed E-state index contributed by atoms with van der Waals surface area (Å²) < 4.78 is 0. The van der Waals surface area contributed by atoms with Gasteiger partial charge in [0.05, 0.1) is 5.92 Å². The van der Waals surface area contributed by atoms with Crippen molar-refractivity contribution in [2.45, 2.75) is 6.42 Å². The largest absolute Gasteiger partial charge is 0.355 e. The molecule has 2 saturated heterocycles. The number of carbonyl (C=O) groups excluding carboxylic acids is 3. The third-order valence-electron chi connectivity index (χ3n) is 6.95. The van der Waals surface area contributed by atoms with E-state index in [4.69, 9.17) is 0 Å². The van der Waals surface area contributed by atoms with Crippen molar-refractivity contribution < 1.29 is 14.4 Å². The lowest BCUT2D eigenvalue weighted by Gasteiger charge is -2.34. The highest BCUT2D eigenvalue weighted by atomic mass is 16.2. The van der Waals surface area contributed by atoms with Crippen molar-refractivity contribution in [2.75, 3.05) is 50.7 Å². The summed E-state index contributed by atoms with van der Waals surface area (Å²) in [4.78, 5) is 43.8. The predicted molar refractivity (Wildman–Crippen MR) is 136 cm³/mol. The van der Waals surface area contributed by atoms with Crippen molar-refractivity contribution in [1.29, 1.82) is 0 Å². The second-order valence-electron chi connectivity index (χ2n) is 9.23.